The third-order valence-electron chi connectivity index (χ3n) is 5.59. The van der Waals surface area contributed by atoms with Gasteiger partial charge in [0.15, 0.2) is 0 Å². The molecule has 2 saturated heterocycles. The summed E-state index contributed by atoms with van der Waals surface area (Å²) in [6.45, 7) is 9.49. The maximum Gasteiger partial charge on any atom is 0.243 e. The molecule has 1 aromatic rings. The van der Waals surface area contributed by atoms with Gasteiger partial charge in [0.2, 0.25) is 10.0 Å². The Morgan fingerprint density at radius 1 is 1.04 bits per heavy atom. The zero-order valence-corrected chi connectivity index (χ0v) is 17.3. The van der Waals surface area contributed by atoms with Gasteiger partial charge in [0.25, 0.3) is 0 Å². The Morgan fingerprint density at radius 3 is 2.31 bits per heavy atom. The van der Waals surface area contributed by atoms with Gasteiger partial charge in [0, 0.05) is 49.8 Å². The third-order valence-corrected chi connectivity index (χ3v) is 7.75. The lowest BCUT2D eigenvalue weighted by molar-refractivity contribution is 0.0669. The summed E-state index contributed by atoms with van der Waals surface area (Å²) in [6.07, 6.45) is 3.85. The van der Waals surface area contributed by atoms with E-state index in [0.29, 0.717) is 35.1 Å². The Kier molecular flexibility index (Phi) is 6.62. The van der Waals surface area contributed by atoms with E-state index in [2.05, 4.69) is 23.6 Å². The summed E-state index contributed by atoms with van der Waals surface area (Å²) in [7, 11) is -3.42. The maximum atomic E-state index is 12.8. The lowest BCUT2D eigenvalue weighted by atomic mass is 9.99. The van der Waals surface area contributed by atoms with Crippen molar-refractivity contribution in [2.45, 2.75) is 50.1 Å². The predicted molar refractivity (Wildman–Crippen MR) is 106 cm³/mol. The van der Waals surface area contributed by atoms with E-state index in [1.165, 1.54) is 25.8 Å². The number of benzene rings is 1. The molecule has 2 aliphatic heterocycles. The molecule has 0 bridgehead atoms. The highest BCUT2D eigenvalue weighted by atomic mass is 35.5. The minimum atomic E-state index is -3.42. The second kappa shape index (κ2) is 8.57. The quantitative estimate of drug-likeness (QED) is 0.763. The summed E-state index contributed by atoms with van der Waals surface area (Å²) in [5, 5.41) is 0.552. The number of sulfonamides is 1. The minimum absolute atomic E-state index is 0.327. The standard InChI is InChI=1S/C19H30ClN3O2S/c1-16(2)23-10-4-3-5-18(23)15-21-11-13-22(14-12-21)26(24,25)19-8-6-17(20)7-9-19/h6-9,16,18H,3-5,10-15H2,1-2H3/t18-/m1/s1. The number of likely N-dealkylation sites (tertiary alicyclic amines) is 1. The fourth-order valence-corrected chi connectivity index (χ4v) is 5.65. The van der Waals surface area contributed by atoms with Crippen LogP contribution < -0.4 is 0 Å². The summed E-state index contributed by atoms with van der Waals surface area (Å²) < 4.78 is 27.2. The molecule has 0 aromatic heterocycles. The summed E-state index contributed by atoms with van der Waals surface area (Å²) >= 11 is 5.87. The summed E-state index contributed by atoms with van der Waals surface area (Å²) in [5.41, 5.74) is 0. The molecule has 1 atom stereocenters. The van der Waals surface area contributed by atoms with E-state index in [4.69, 9.17) is 11.6 Å². The zero-order valence-electron chi connectivity index (χ0n) is 15.8. The number of piperidine rings is 1. The van der Waals surface area contributed by atoms with Crippen LogP contribution in [0.4, 0.5) is 0 Å². The molecule has 5 nitrogen and oxygen atoms in total. The maximum absolute atomic E-state index is 12.8. The van der Waals surface area contributed by atoms with Crippen LogP contribution in [-0.4, -0.2) is 73.9 Å². The Labute approximate surface area is 163 Å². The van der Waals surface area contributed by atoms with E-state index in [1.807, 2.05) is 0 Å². The normalized spacial score (nSPS) is 24.2. The first-order valence-electron chi connectivity index (χ1n) is 9.62. The van der Waals surface area contributed by atoms with Crippen LogP contribution in [0.5, 0.6) is 0 Å². The van der Waals surface area contributed by atoms with E-state index < -0.39 is 10.0 Å². The van der Waals surface area contributed by atoms with Crippen LogP contribution in [-0.2, 0) is 10.0 Å². The van der Waals surface area contributed by atoms with Crippen LogP contribution >= 0.6 is 11.6 Å². The average molecular weight is 400 g/mol. The van der Waals surface area contributed by atoms with E-state index in [0.717, 1.165) is 19.6 Å². The van der Waals surface area contributed by atoms with Crippen LogP contribution in [0.1, 0.15) is 33.1 Å². The molecule has 0 amide bonds. The van der Waals surface area contributed by atoms with Gasteiger partial charge in [-0.05, 0) is 57.5 Å². The molecule has 0 N–H and O–H groups in total. The Balaban J connectivity index is 1.57. The fourth-order valence-electron chi connectivity index (χ4n) is 4.10. The van der Waals surface area contributed by atoms with Crippen LogP contribution in [0, 0.1) is 0 Å². The third kappa shape index (κ3) is 4.60. The van der Waals surface area contributed by atoms with Gasteiger partial charge < -0.3 is 0 Å². The van der Waals surface area contributed by atoms with Gasteiger partial charge in [0.05, 0.1) is 4.90 Å². The van der Waals surface area contributed by atoms with Gasteiger partial charge in [0.1, 0.15) is 0 Å². The molecule has 2 fully saturated rings. The van der Waals surface area contributed by atoms with Gasteiger partial charge in [-0.25, -0.2) is 8.42 Å². The Morgan fingerprint density at radius 2 is 1.69 bits per heavy atom. The number of hydrogen-bond donors (Lipinski definition) is 0. The van der Waals surface area contributed by atoms with Crippen LogP contribution in [0.15, 0.2) is 29.2 Å². The molecule has 0 aliphatic carbocycles. The smallest absolute Gasteiger partial charge is 0.243 e. The predicted octanol–water partition coefficient (Wildman–Crippen LogP) is 2.91. The largest absolute Gasteiger partial charge is 0.299 e. The van der Waals surface area contributed by atoms with Gasteiger partial charge in [-0.1, -0.05) is 18.0 Å². The summed E-state index contributed by atoms with van der Waals surface area (Å²) in [5.74, 6) is 0. The molecule has 2 heterocycles. The van der Waals surface area contributed by atoms with Crippen molar-refractivity contribution in [3.63, 3.8) is 0 Å². The lowest BCUT2D eigenvalue weighted by Crippen LogP contribution is -2.54. The fraction of sp³-hybridized carbons (Fsp3) is 0.684. The number of halogens is 1. The summed E-state index contributed by atoms with van der Waals surface area (Å²) in [6, 6.07) is 7.62. The van der Waals surface area contributed by atoms with E-state index >= 15 is 0 Å². The number of piperazine rings is 1. The minimum Gasteiger partial charge on any atom is -0.299 e. The molecule has 0 spiro atoms. The zero-order chi connectivity index (χ0) is 18.7. The highest BCUT2D eigenvalue weighted by Gasteiger charge is 2.31. The SMILES string of the molecule is CC(C)N1CCCC[C@@H]1CN1CCN(S(=O)(=O)c2ccc(Cl)cc2)CC1. The van der Waals surface area contributed by atoms with Gasteiger partial charge in [-0.2, -0.15) is 4.31 Å². The molecule has 3 rings (SSSR count). The molecular weight excluding hydrogens is 370 g/mol. The Hall–Kier alpha value is -0.660. The average Bonchev–Trinajstić information content (AvgIpc) is 2.63. The highest BCUT2D eigenvalue weighted by molar-refractivity contribution is 7.89. The van der Waals surface area contributed by atoms with Crippen molar-refractivity contribution in [1.82, 2.24) is 14.1 Å². The number of rotatable bonds is 5. The lowest BCUT2D eigenvalue weighted by Gasteiger charge is -2.43. The number of nitrogens with zero attached hydrogens (tertiary/aromatic N) is 3. The van der Waals surface area contributed by atoms with Gasteiger partial charge in [-0.15, -0.1) is 0 Å². The monoisotopic (exact) mass is 399 g/mol. The second-order valence-electron chi connectivity index (χ2n) is 7.64. The first-order chi connectivity index (χ1) is 12.4. The van der Waals surface area contributed by atoms with Crippen molar-refractivity contribution in [2.24, 2.45) is 0 Å². The van der Waals surface area contributed by atoms with Crippen LogP contribution in [0.2, 0.25) is 5.02 Å². The first-order valence-corrected chi connectivity index (χ1v) is 11.4. The van der Waals surface area contributed by atoms with E-state index in [1.54, 1.807) is 28.6 Å². The Bertz CT molecular complexity index is 685. The highest BCUT2D eigenvalue weighted by Crippen LogP contribution is 2.23. The molecule has 0 unspecified atom stereocenters. The molecule has 1 aromatic carbocycles. The first kappa shape index (κ1) is 20.1. The van der Waals surface area contributed by atoms with Crippen molar-refractivity contribution in [1.29, 1.82) is 0 Å². The molecule has 146 valence electrons. The van der Waals surface area contributed by atoms with Crippen molar-refractivity contribution in [3.8, 4) is 0 Å². The van der Waals surface area contributed by atoms with Crippen LogP contribution in [0.25, 0.3) is 0 Å². The molecule has 7 heteroatoms. The second-order valence-corrected chi connectivity index (χ2v) is 10.0. The van der Waals surface area contributed by atoms with Crippen LogP contribution in [0.3, 0.4) is 0 Å². The number of hydrogen-bond acceptors (Lipinski definition) is 4. The molecule has 0 saturated carbocycles. The molecule has 0 radical (unpaired) electrons. The van der Waals surface area contributed by atoms with Gasteiger partial charge in [-0.3, -0.25) is 9.80 Å². The van der Waals surface area contributed by atoms with Crippen molar-refractivity contribution >= 4 is 21.6 Å². The molecular formula is C19H30ClN3O2S. The summed E-state index contributed by atoms with van der Waals surface area (Å²) in [4.78, 5) is 5.37. The van der Waals surface area contributed by atoms with E-state index in [-0.39, 0.29) is 0 Å². The van der Waals surface area contributed by atoms with Crippen molar-refractivity contribution in [3.05, 3.63) is 29.3 Å². The van der Waals surface area contributed by atoms with Gasteiger partial charge >= 0.3 is 0 Å². The molecule has 2 aliphatic rings. The van der Waals surface area contributed by atoms with Crippen molar-refractivity contribution in [2.75, 3.05) is 39.3 Å². The molecule has 26 heavy (non-hydrogen) atoms. The van der Waals surface area contributed by atoms with E-state index in [9.17, 15) is 8.42 Å². The topological polar surface area (TPSA) is 43.9 Å². The van der Waals surface area contributed by atoms with Crippen molar-refractivity contribution < 1.29 is 8.42 Å².